The lowest BCUT2D eigenvalue weighted by atomic mass is 10.1. The number of carbonyl (C=O) groups excluding carboxylic acids is 1. The molecule has 0 bridgehead atoms. The third-order valence-corrected chi connectivity index (χ3v) is 2.09. The third-order valence-electron chi connectivity index (χ3n) is 2.09. The lowest BCUT2D eigenvalue weighted by molar-refractivity contribution is -0.140. The van der Waals surface area contributed by atoms with Gasteiger partial charge in [0.15, 0.2) is 0 Å². The number of benzene rings is 1. The highest BCUT2D eigenvalue weighted by atomic mass is 16.5. The largest absolute Gasteiger partial charge is 0.481 e. The second-order valence-electron chi connectivity index (χ2n) is 3.21. The number of terminal acetylenes is 1. The Morgan fingerprint density at radius 3 is 2.62 bits per heavy atom. The quantitative estimate of drug-likeness (QED) is 0.558. The highest BCUT2D eigenvalue weighted by Crippen LogP contribution is 2.13. The summed E-state index contributed by atoms with van der Waals surface area (Å²) in [5.41, 5.74) is 1.07. The molecule has 1 aromatic rings. The highest BCUT2D eigenvalue weighted by Gasteiger charge is 2.01. The van der Waals surface area contributed by atoms with E-state index in [2.05, 4.69) is 10.7 Å². The first kappa shape index (κ1) is 12.1. The van der Waals surface area contributed by atoms with Crippen LogP contribution in [0.5, 0.6) is 5.75 Å². The van der Waals surface area contributed by atoms with Gasteiger partial charge in [0.05, 0.1) is 7.11 Å². The molecule has 84 valence electrons. The third kappa shape index (κ3) is 4.05. The molecule has 0 aliphatic carbocycles. The molecule has 0 spiro atoms. The first-order valence-electron chi connectivity index (χ1n) is 4.98. The van der Waals surface area contributed by atoms with E-state index in [0.717, 1.165) is 11.3 Å². The van der Waals surface area contributed by atoms with Crippen molar-refractivity contribution in [2.45, 2.75) is 12.8 Å². The second-order valence-corrected chi connectivity index (χ2v) is 3.21. The van der Waals surface area contributed by atoms with E-state index in [1.54, 1.807) is 0 Å². The Balaban J connectivity index is 2.45. The van der Waals surface area contributed by atoms with Crippen LogP contribution in [0.1, 0.15) is 12.0 Å². The van der Waals surface area contributed by atoms with Gasteiger partial charge in [-0.1, -0.05) is 18.1 Å². The second kappa shape index (κ2) is 6.52. The molecule has 0 amide bonds. The molecule has 0 aliphatic heterocycles. The van der Waals surface area contributed by atoms with Gasteiger partial charge in [0.25, 0.3) is 0 Å². The van der Waals surface area contributed by atoms with Crippen molar-refractivity contribution < 1.29 is 14.3 Å². The summed E-state index contributed by atoms with van der Waals surface area (Å²) in [6.07, 6.45) is 6.13. The maximum absolute atomic E-state index is 10.9. The number of carbonyl (C=O) groups is 1. The molecule has 3 heteroatoms. The fourth-order valence-electron chi connectivity index (χ4n) is 1.23. The maximum Gasteiger partial charge on any atom is 0.305 e. The lowest BCUT2D eigenvalue weighted by Crippen LogP contribution is -2.01. The minimum Gasteiger partial charge on any atom is -0.481 e. The molecule has 0 N–H and O–H groups in total. The van der Waals surface area contributed by atoms with Crippen LogP contribution in [0.15, 0.2) is 24.3 Å². The monoisotopic (exact) mass is 218 g/mol. The van der Waals surface area contributed by atoms with Crippen molar-refractivity contribution in [2.24, 2.45) is 0 Å². The van der Waals surface area contributed by atoms with E-state index in [1.165, 1.54) is 7.11 Å². The SMILES string of the molecule is C#CCOc1ccc(CCC(=O)OC)cc1. The van der Waals surface area contributed by atoms with E-state index in [9.17, 15) is 4.79 Å². The van der Waals surface area contributed by atoms with E-state index in [0.29, 0.717) is 12.8 Å². The number of esters is 1. The number of hydrogen-bond donors (Lipinski definition) is 0. The van der Waals surface area contributed by atoms with Gasteiger partial charge in [-0.3, -0.25) is 4.79 Å². The molecule has 0 atom stereocenters. The highest BCUT2D eigenvalue weighted by molar-refractivity contribution is 5.69. The van der Waals surface area contributed by atoms with Crippen LogP contribution in [0.3, 0.4) is 0 Å². The standard InChI is InChI=1S/C13H14O3/c1-3-10-16-12-7-4-11(5-8-12)6-9-13(14)15-2/h1,4-5,7-8H,6,9-10H2,2H3. The average Bonchev–Trinajstić information content (AvgIpc) is 2.34. The van der Waals surface area contributed by atoms with Gasteiger partial charge in [0, 0.05) is 6.42 Å². The summed E-state index contributed by atoms with van der Waals surface area (Å²) in [6, 6.07) is 7.50. The molecule has 0 radical (unpaired) electrons. The molecular formula is C13H14O3. The molecule has 0 heterocycles. The van der Waals surface area contributed by atoms with Crippen LogP contribution < -0.4 is 4.74 Å². The molecular weight excluding hydrogens is 204 g/mol. The van der Waals surface area contributed by atoms with Gasteiger partial charge in [-0.15, -0.1) is 6.42 Å². The van der Waals surface area contributed by atoms with Crippen molar-refractivity contribution in [1.29, 1.82) is 0 Å². The Kier molecular flexibility index (Phi) is 4.94. The summed E-state index contributed by atoms with van der Waals surface area (Å²) in [5, 5.41) is 0. The van der Waals surface area contributed by atoms with Gasteiger partial charge >= 0.3 is 5.97 Å². The summed E-state index contributed by atoms with van der Waals surface area (Å²) in [6.45, 7) is 0.265. The van der Waals surface area contributed by atoms with E-state index in [1.807, 2.05) is 24.3 Å². The van der Waals surface area contributed by atoms with Crippen LogP contribution >= 0.6 is 0 Å². The maximum atomic E-state index is 10.9. The van der Waals surface area contributed by atoms with Crippen molar-refractivity contribution in [1.82, 2.24) is 0 Å². The predicted molar refractivity (Wildman–Crippen MR) is 61.1 cm³/mol. The summed E-state index contributed by atoms with van der Waals surface area (Å²) < 4.78 is 9.79. The van der Waals surface area contributed by atoms with Crippen LogP contribution in [-0.4, -0.2) is 19.7 Å². The number of rotatable bonds is 5. The number of aryl methyl sites for hydroxylation is 1. The number of hydrogen-bond acceptors (Lipinski definition) is 3. The number of ether oxygens (including phenoxy) is 2. The van der Waals surface area contributed by atoms with Gasteiger partial charge in [-0.25, -0.2) is 0 Å². The molecule has 1 aromatic carbocycles. The van der Waals surface area contributed by atoms with Gasteiger partial charge < -0.3 is 9.47 Å². The Bertz CT molecular complexity index is 373. The van der Waals surface area contributed by atoms with Gasteiger partial charge in [0.2, 0.25) is 0 Å². The molecule has 1 rings (SSSR count). The topological polar surface area (TPSA) is 35.5 Å². The van der Waals surface area contributed by atoms with E-state index in [4.69, 9.17) is 11.2 Å². The van der Waals surface area contributed by atoms with Crippen LogP contribution in [0.25, 0.3) is 0 Å². The van der Waals surface area contributed by atoms with Crippen molar-refractivity contribution in [3.63, 3.8) is 0 Å². The number of methoxy groups -OCH3 is 1. The first-order chi connectivity index (χ1) is 7.76. The molecule has 0 saturated heterocycles. The predicted octanol–water partition coefficient (Wildman–Crippen LogP) is 1.80. The smallest absolute Gasteiger partial charge is 0.305 e. The Morgan fingerprint density at radius 1 is 1.38 bits per heavy atom. The van der Waals surface area contributed by atoms with E-state index in [-0.39, 0.29) is 12.6 Å². The zero-order valence-corrected chi connectivity index (χ0v) is 9.23. The lowest BCUT2D eigenvalue weighted by Gasteiger charge is -2.04. The summed E-state index contributed by atoms with van der Waals surface area (Å²) in [4.78, 5) is 10.9. The minimum atomic E-state index is -0.201. The first-order valence-corrected chi connectivity index (χ1v) is 4.98. The fourth-order valence-corrected chi connectivity index (χ4v) is 1.23. The average molecular weight is 218 g/mol. The zero-order chi connectivity index (χ0) is 11.8. The summed E-state index contributed by atoms with van der Waals surface area (Å²) in [7, 11) is 1.39. The van der Waals surface area contributed by atoms with Crippen molar-refractivity contribution in [2.75, 3.05) is 13.7 Å². The molecule has 0 unspecified atom stereocenters. The van der Waals surface area contributed by atoms with Crippen molar-refractivity contribution >= 4 is 5.97 Å². The van der Waals surface area contributed by atoms with E-state index < -0.39 is 0 Å². The van der Waals surface area contributed by atoms with Crippen molar-refractivity contribution in [3.8, 4) is 18.1 Å². The Morgan fingerprint density at radius 2 is 2.06 bits per heavy atom. The normalized spacial score (nSPS) is 9.25. The molecule has 0 fully saturated rings. The molecule has 0 aliphatic rings. The Hall–Kier alpha value is -1.95. The van der Waals surface area contributed by atoms with Crippen molar-refractivity contribution in [3.05, 3.63) is 29.8 Å². The van der Waals surface area contributed by atoms with Gasteiger partial charge in [0.1, 0.15) is 12.4 Å². The van der Waals surface area contributed by atoms with Crippen LogP contribution in [0.2, 0.25) is 0 Å². The van der Waals surface area contributed by atoms with E-state index >= 15 is 0 Å². The summed E-state index contributed by atoms with van der Waals surface area (Å²) in [5.74, 6) is 2.93. The minimum absolute atomic E-state index is 0.201. The van der Waals surface area contributed by atoms with Crippen LogP contribution in [0, 0.1) is 12.3 Å². The molecule has 3 nitrogen and oxygen atoms in total. The Labute approximate surface area is 95.4 Å². The van der Waals surface area contributed by atoms with Crippen LogP contribution in [-0.2, 0) is 16.0 Å². The van der Waals surface area contributed by atoms with Crippen LogP contribution in [0.4, 0.5) is 0 Å². The zero-order valence-electron chi connectivity index (χ0n) is 9.23. The van der Waals surface area contributed by atoms with Gasteiger partial charge in [-0.2, -0.15) is 0 Å². The van der Waals surface area contributed by atoms with Gasteiger partial charge in [-0.05, 0) is 24.1 Å². The molecule has 16 heavy (non-hydrogen) atoms. The fraction of sp³-hybridized carbons (Fsp3) is 0.308. The summed E-state index contributed by atoms with van der Waals surface area (Å²) >= 11 is 0. The molecule has 0 saturated carbocycles. The molecule has 0 aromatic heterocycles.